The van der Waals surface area contributed by atoms with Crippen molar-refractivity contribution in [2.75, 3.05) is 20.7 Å². The molecule has 22 heavy (non-hydrogen) atoms. The van der Waals surface area contributed by atoms with Crippen molar-refractivity contribution in [1.29, 1.82) is 0 Å². The maximum Gasteiger partial charge on any atom is 0.237 e. The Labute approximate surface area is 134 Å². The highest BCUT2D eigenvalue weighted by molar-refractivity contribution is 5.79. The zero-order valence-electron chi connectivity index (χ0n) is 14.2. The molecule has 2 atom stereocenters. The lowest BCUT2D eigenvalue weighted by molar-refractivity contribution is -0.138. The fourth-order valence-electron chi connectivity index (χ4n) is 3.36. The number of nitrogens with zero attached hydrogens (tertiary/aromatic N) is 2. The highest BCUT2D eigenvalue weighted by Gasteiger charge is 2.29. The Morgan fingerprint density at radius 2 is 2.00 bits per heavy atom. The highest BCUT2D eigenvalue weighted by Crippen LogP contribution is 2.22. The van der Waals surface area contributed by atoms with Crippen LogP contribution in [0, 0.1) is 0 Å². The summed E-state index contributed by atoms with van der Waals surface area (Å²) >= 11 is 0. The number of hydrogen-bond acceptors (Lipinski definition) is 3. The number of carbonyl (C=O) groups excluding carboxylic acids is 1. The Kier molecular flexibility index (Phi) is 5.83. The molecule has 0 spiro atoms. The minimum absolute atomic E-state index is 0.241. The van der Waals surface area contributed by atoms with Crippen LogP contribution in [0.15, 0.2) is 24.3 Å². The van der Waals surface area contributed by atoms with E-state index in [4.69, 9.17) is 4.74 Å². The van der Waals surface area contributed by atoms with Crippen molar-refractivity contribution in [2.45, 2.75) is 51.7 Å². The molecule has 4 nitrogen and oxygen atoms in total. The first kappa shape index (κ1) is 16.8. The zero-order valence-corrected chi connectivity index (χ0v) is 14.2. The molecule has 1 aliphatic heterocycles. The predicted octanol–water partition coefficient (Wildman–Crippen LogP) is 2.92. The summed E-state index contributed by atoms with van der Waals surface area (Å²) in [6.07, 6.45) is 3.47. The van der Waals surface area contributed by atoms with E-state index in [1.807, 2.05) is 25.2 Å². The van der Waals surface area contributed by atoms with E-state index in [9.17, 15) is 4.79 Å². The summed E-state index contributed by atoms with van der Waals surface area (Å²) in [7, 11) is 3.67. The molecule has 1 fully saturated rings. The van der Waals surface area contributed by atoms with E-state index < -0.39 is 0 Å². The van der Waals surface area contributed by atoms with E-state index in [2.05, 4.69) is 29.7 Å². The number of rotatable bonds is 5. The molecule has 1 saturated heterocycles. The topological polar surface area (TPSA) is 32.8 Å². The number of amides is 1. The zero-order chi connectivity index (χ0) is 16.1. The van der Waals surface area contributed by atoms with Crippen molar-refractivity contribution in [3.8, 4) is 5.75 Å². The molecule has 2 rings (SSSR count). The van der Waals surface area contributed by atoms with Crippen LogP contribution < -0.4 is 4.74 Å². The molecule has 1 amide bonds. The van der Waals surface area contributed by atoms with E-state index in [1.54, 1.807) is 7.11 Å². The number of likely N-dealkylation sites (tertiary alicyclic amines) is 1. The fourth-order valence-corrected chi connectivity index (χ4v) is 3.36. The molecule has 0 saturated carbocycles. The van der Waals surface area contributed by atoms with E-state index in [-0.39, 0.29) is 5.91 Å². The van der Waals surface area contributed by atoms with Crippen molar-refractivity contribution in [3.63, 3.8) is 0 Å². The van der Waals surface area contributed by atoms with Crippen LogP contribution in [0.5, 0.6) is 5.75 Å². The van der Waals surface area contributed by atoms with Crippen molar-refractivity contribution < 1.29 is 9.53 Å². The Morgan fingerprint density at radius 1 is 1.32 bits per heavy atom. The summed E-state index contributed by atoms with van der Waals surface area (Å²) in [5.41, 5.74) is 1.16. The Morgan fingerprint density at radius 3 is 2.64 bits per heavy atom. The molecule has 1 aromatic rings. The summed E-state index contributed by atoms with van der Waals surface area (Å²) in [5, 5.41) is 0. The lowest BCUT2D eigenvalue weighted by Crippen LogP contribution is -2.50. The summed E-state index contributed by atoms with van der Waals surface area (Å²) in [6.45, 7) is 5.54. The standard InChI is InChI=1S/C18H28N2O2/c1-14-7-5-8-15(2)20(14)18(21)13-19(3)12-16-9-6-10-17(11-16)22-4/h6,9-11,14-15H,5,7-8,12-13H2,1-4H3. The van der Waals surface area contributed by atoms with Gasteiger partial charge in [-0.15, -0.1) is 0 Å². The first-order valence-electron chi connectivity index (χ1n) is 8.14. The molecular formula is C18H28N2O2. The second-order valence-corrected chi connectivity index (χ2v) is 6.45. The molecule has 1 heterocycles. The molecular weight excluding hydrogens is 276 g/mol. The quantitative estimate of drug-likeness (QED) is 0.838. The van der Waals surface area contributed by atoms with Gasteiger partial charge in [0.05, 0.1) is 13.7 Å². The first-order valence-corrected chi connectivity index (χ1v) is 8.14. The summed E-state index contributed by atoms with van der Waals surface area (Å²) in [4.78, 5) is 16.8. The second-order valence-electron chi connectivity index (χ2n) is 6.45. The predicted molar refractivity (Wildman–Crippen MR) is 88.9 cm³/mol. The van der Waals surface area contributed by atoms with Crippen LogP contribution in [0.25, 0.3) is 0 Å². The van der Waals surface area contributed by atoms with Crippen molar-refractivity contribution in [1.82, 2.24) is 9.80 Å². The largest absolute Gasteiger partial charge is 0.497 e. The van der Waals surface area contributed by atoms with Gasteiger partial charge in [0.2, 0.25) is 5.91 Å². The van der Waals surface area contributed by atoms with Gasteiger partial charge in [-0.1, -0.05) is 12.1 Å². The van der Waals surface area contributed by atoms with Crippen molar-refractivity contribution in [3.05, 3.63) is 29.8 Å². The SMILES string of the molecule is COc1cccc(CN(C)CC(=O)N2C(C)CCCC2C)c1. The van der Waals surface area contributed by atoms with Gasteiger partial charge in [-0.25, -0.2) is 0 Å². The molecule has 1 aliphatic rings. The molecule has 0 aliphatic carbocycles. The average Bonchev–Trinajstić information content (AvgIpc) is 2.47. The maximum absolute atomic E-state index is 12.6. The summed E-state index contributed by atoms with van der Waals surface area (Å²) < 4.78 is 5.25. The van der Waals surface area contributed by atoms with Gasteiger partial charge in [0, 0.05) is 18.6 Å². The van der Waals surface area contributed by atoms with Crippen LogP contribution in [0.1, 0.15) is 38.7 Å². The van der Waals surface area contributed by atoms with E-state index in [0.717, 1.165) is 30.7 Å². The molecule has 0 N–H and O–H groups in total. The third kappa shape index (κ3) is 4.23. The lowest BCUT2D eigenvalue weighted by atomic mass is 9.97. The number of ether oxygens (including phenoxy) is 1. The minimum atomic E-state index is 0.241. The lowest BCUT2D eigenvalue weighted by Gasteiger charge is -2.39. The number of likely N-dealkylation sites (N-methyl/N-ethyl adjacent to an activating group) is 1. The van der Waals surface area contributed by atoms with Gasteiger partial charge >= 0.3 is 0 Å². The molecule has 0 aromatic heterocycles. The third-order valence-corrected chi connectivity index (χ3v) is 4.47. The van der Waals surface area contributed by atoms with Gasteiger partial charge in [0.25, 0.3) is 0 Å². The van der Waals surface area contributed by atoms with Gasteiger partial charge in [0.15, 0.2) is 0 Å². The van der Waals surface area contributed by atoms with Crippen LogP contribution >= 0.6 is 0 Å². The van der Waals surface area contributed by atoms with Crippen LogP contribution in [0.2, 0.25) is 0 Å². The monoisotopic (exact) mass is 304 g/mol. The third-order valence-electron chi connectivity index (χ3n) is 4.47. The summed E-state index contributed by atoms with van der Waals surface area (Å²) in [6, 6.07) is 8.73. The second kappa shape index (κ2) is 7.63. The number of methoxy groups -OCH3 is 1. The fraction of sp³-hybridized carbons (Fsp3) is 0.611. The maximum atomic E-state index is 12.6. The van der Waals surface area contributed by atoms with Crippen LogP contribution in [0.3, 0.4) is 0 Å². The first-order chi connectivity index (χ1) is 10.5. The number of benzene rings is 1. The van der Waals surface area contributed by atoms with Gasteiger partial charge < -0.3 is 9.64 Å². The average molecular weight is 304 g/mol. The van der Waals surface area contributed by atoms with E-state index in [1.165, 1.54) is 6.42 Å². The molecule has 1 aromatic carbocycles. The smallest absolute Gasteiger partial charge is 0.237 e. The van der Waals surface area contributed by atoms with Gasteiger partial charge in [-0.2, -0.15) is 0 Å². The number of hydrogen-bond donors (Lipinski definition) is 0. The minimum Gasteiger partial charge on any atom is -0.497 e. The van der Waals surface area contributed by atoms with Gasteiger partial charge in [-0.3, -0.25) is 9.69 Å². The summed E-state index contributed by atoms with van der Waals surface area (Å²) in [5.74, 6) is 1.10. The molecule has 4 heteroatoms. The van der Waals surface area contributed by atoms with Crippen LogP contribution in [0.4, 0.5) is 0 Å². The molecule has 0 bridgehead atoms. The van der Waals surface area contributed by atoms with E-state index in [0.29, 0.717) is 18.6 Å². The normalized spacial score (nSPS) is 22.0. The van der Waals surface area contributed by atoms with Gasteiger partial charge in [0.1, 0.15) is 5.75 Å². The Bertz CT molecular complexity index is 494. The van der Waals surface area contributed by atoms with Crippen molar-refractivity contribution in [2.24, 2.45) is 0 Å². The van der Waals surface area contributed by atoms with Crippen LogP contribution in [-0.4, -0.2) is 48.5 Å². The van der Waals surface area contributed by atoms with Crippen molar-refractivity contribution >= 4 is 5.91 Å². The molecule has 122 valence electrons. The van der Waals surface area contributed by atoms with E-state index >= 15 is 0 Å². The number of carbonyl (C=O) groups is 1. The van der Waals surface area contributed by atoms with Crippen LogP contribution in [-0.2, 0) is 11.3 Å². The number of piperidine rings is 1. The molecule has 0 radical (unpaired) electrons. The highest BCUT2D eigenvalue weighted by atomic mass is 16.5. The Hall–Kier alpha value is -1.55. The Balaban J connectivity index is 1.93. The van der Waals surface area contributed by atoms with Gasteiger partial charge in [-0.05, 0) is 57.9 Å². The molecule has 2 unspecified atom stereocenters.